The summed E-state index contributed by atoms with van der Waals surface area (Å²) >= 11 is 0. The average molecular weight is 251 g/mol. The lowest BCUT2D eigenvalue weighted by Gasteiger charge is -2.19. The number of aromatic nitrogens is 3. The second-order valence-electron chi connectivity index (χ2n) is 3.17. The van der Waals surface area contributed by atoms with E-state index in [1.165, 1.54) is 14.2 Å². The van der Waals surface area contributed by atoms with E-state index in [9.17, 15) is 13.2 Å². The van der Waals surface area contributed by atoms with Crippen LogP contribution in [0.5, 0.6) is 6.01 Å². The van der Waals surface area contributed by atoms with Crippen LogP contribution in [-0.4, -0.2) is 48.9 Å². The Bertz CT molecular complexity index is 362. The van der Waals surface area contributed by atoms with Gasteiger partial charge in [-0.15, -0.1) is 0 Å². The number of hydrogen-bond donors (Lipinski definition) is 1. The van der Waals surface area contributed by atoms with Crippen molar-refractivity contribution in [3.63, 3.8) is 0 Å². The molecular weight excluding hydrogens is 239 g/mol. The predicted octanol–water partition coefficient (Wildman–Crippen LogP) is 0.920. The Morgan fingerprint density at radius 2 is 1.94 bits per heavy atom. The number of nitrogens with zero attached hydrogens (tertiary/aromatic N) is 4. The average Bonchev–Trinajstić information content (AvgIpc) is 2.26. The van der Waals surface area contributed by atoms with E-state index in [0.717, 1.165) is 4.90 Å². The summed E-state index contributed by atoms with van der Waals surface area (Å²) in [5.74, 6) is 0.0272. The summed E-state index contributed by atoms with van der Waals surface area (Å²) in [6, 6.07) is -0.0478. The Morgan fingerprint density at radius 1 is 1.29 bits per heavy atom. The van der Waals surface area contributed by atoms with Crippen LogP contribution < -0.4 is 15.0 Å². The van der Waals surface area contributed by atoms with E-state index < -0.39 is 12.7 Å². The van der Waals surface area contributed by atoms with E-state index >= 15 is 0 Å². The molecule has 1 rings (SSSR count). The summed E-state index contributed by atoms with van der Waals surface area (Å²) in [7, 11) is 4.10. The molecule has 0 amide bonds. The van der Waals surface area contributed by atoms with Crippen molar-refractivity contribution in [3.8, 4) is 6.01 Å². The molecule has 0 saturated heterocycles. The third kappa shape index (κ3) is 3.93. The largest absolute Gasteiger partial charge is 0.467 e. The summed E-state index contributed by atoms with van der Waals surface area (Å²) in [5.41, 5.74) is 0. The molecule has 1 heterocycles. The zero-order valence-electron chi connectivity index (χ0n) is 9.54. The van der Waals surface area contributed by atoms with Crippen molar-refractivity contribution in [2.24, 2.45) is 0 Å². The van der Waals surface area contributed by atoms with E-state index in [2.05, 4.69) is 20.3 Å². The van der Waals surface area contributed by atoms with Crippen molar-refractivity contribution >= 4 is 11.9 Å². The van der Waals surface area contributed by atoms with Crippen LogP contribution in [0.15, 0.2) is 0 Å². The fraction of sp³-hybridized carbons (Fsp3) is 0.625. The molecule has 0 saturated carbocycles. The van der Waals surface area contributed by atoms with Gasteiger partial charge in [-0.1, -0.05) is 0 Å². The smallest absolute Gasteiger partial charge is 0.406 e. The van der Waals surface area contributed by atoms with Crippen molar-refractivity contribution in [2.75, 3.05) is 38.0 Å². The van der Waals surface area contributed by atoms with Gasteiger partial charge in [-0.05, 0) is 0 Å². The van der Waals surface area contributed by atoms with Crippen LogP contribution in [0.3, 0.4) is 0 Å². The fourth-order valence-electron chi connectivity index (χ4n) is 1.06. The van der Waals surface area contributed by atoms with Crippen molar-refractivity contribution in [1.29, 1.82) is 0 Å². The molecule has 0 bridgehead atoms. The highest BCUT2D eigenvalue weighted by Gasteiger charge is 2.30. The highest BCUT2D eigenvalue weighted by Crippen LogP contribution is 2.20. The molecule has 9 heteroatoms. The Hall–Kier alpha value is -1.80. The van der Waals surface area contributed by atoms with E-state index in [4.69, 9.17) is 4.74 Å². The maximum Gasteiger partial charge on any atom is 0.406 e. The molecule has 0 atom stereocenters. The molecule has 0 spiro atoms. The van der Waals surface area contributed by atoms with Gasteiger partial charge in [0.2, 0.25) is 11.9 Å². The summed E-state index contributed by atoms with van der Waals surface area (Å²) in [4.78, 5) is 12.2. The first-order valence-electron chi connectivity index (χ1n) is 4.61. The lowest BCUT2D eigenvalue weighted by molar-refractivity contribution is -0.119. The van der Waals surface area contributed by atoms with E-state index in [0.29, 0.717) is 0 Å². The van der Waals surface area contributed by atoms with Gasteiger partial charge >= 0.3 is 12.2 Å². The SMILES string of the molecule is CNc1nc(OC)nc(N(C)CC(F)(F)F)n1. The van der Waals surface area contributed by atoms with Crippen LogP contribution in [0.2, 0.25) is 0 Å². The van der Waals surface area contributed by atoms with Gasteiger partial charge in [-0.2, -0.15) is 28.1 Å². The zero-order chi connectivity index (χ0) is 13.1. The molecule has 0 fully saturated rings. The first kappa shape index (κ1) is 13.3. The number of methoxy groups -OCH3 is 1. The molecule has 0 unspecified atom stereocenters. The predicted molar refractivity (Wildman–Crippen MR) is 55.3 cm³/mol. The lowest BCUT2D eigenvalue weighted by Crippen LogP contribution is -2.32. The molecule has 0 aromatic carbocycles. The van der Waals surface area contributed by atoms with E-state index in [-0.39, 0.29) is 17.9 Å². The van der Waals surface area contributed by atoms with Crippen molar-refractivity contribution < 1.29 is 17.9 Å². The number of nitrogens with one attached hydrogen (secondary N) is 1. The van der Waals surface area contributed by atoms with Gasteiger partial charge in [0.1, 0.15) is 6.54 Å². The first-order valence-corrected chi connectivity index (χ1v) is 4.61. The van der Waals surface area contributed by atoms with Gasteiger partial charge < -0.3 is 15.0 Å². The summed E-state index contributed by atoms with van der Waals surface area (Å²) in [5, 5.41) is 2.61. The monoisotopic (exact) mass is 251 g/mol. The number of rotatable bonds is 4. The van der Waals surface area contributed by atoms with E-state index in [1.54, 1.807) is 7.05 Å². The molecule has 6 nitrogen and oxygen atoms in total. The fourth-order valence-corrected chi connectivity index (χ4v) is 1.06. The standard InChI is InChI=1S/C8H12F3N5O/c1-12-5-13-6(15-7(14-5)17-3)16(2)4-8(9,10)11/h4H2,1-3H3,(H,12,13,14,15). The molecule has 1 N–H and O–H groups in total. The van der Waals surface area contributed by atoms with Crippen molar-refractivity contribution in [3.05, 3.63) is 0 Å². The van der Waals surface area contributed by atoms with Crippen LogP contribution in [0, 0.1) is 0 Å². The van der Waals surface area contributed by atoms with Crippen molar-refractivity contribution in [1.82, 2.24) is 15.0 Å². The first-order chi connectivity index (χ1) is 7.85. The molecule has 0 aliphatic rings. The third-order valence-electron chi connectivity index (χ3n) is 1.77. The Balaban J connectivity index is 2.96. The van der Waals surface area contributed by atoms with Crippen LogP contribution in [0.4, 0.5) is 25.1 Å². The Morgan fingerprint density at radius 3 is 2.41 bits per heavy atom. The van der Waals surface area contributed by atoms with Crippen LogP contribution in [-0.2, 0) is 0 Å². The zero-order valence-corrected chi connectivity index (χ0v) is 9.54. The molecule has 0 aliphatic carbocycles. The highest BCUT2D eigenvalue weighted by molar-refractivity contribution is 5.37. The number of anilines is 2. The van der Waals surface area contributed by atoms with Crippen molar-refractivity contribution in [2.45, 2.75) is 6.18 Å². The molecule has 0 radical (unpaired) electrons. The van der Waals surface area contributed by atoms with Gasteiger partial charge in [0.15, 0.2) is 0 Å². The van der Waals surface area contributed by atoms with Crippen LogP contribution in [0.25, 0.3) is 0 Å². The van der Waals surface area contributed by atoms with Gasteiger partial charge in [0.25, 0.3) is 0 Å². The molecule has 96 valence electrons. The summed E-state index contributed by atoms with van der Waals surface area (Å²) in [6.45, 7) is -1.15. The van der Waals surface area contributed by atoms with Crippen LogP contribution in [0.1, 0.15) is 0 Å². The quantitative estimate of drug-likeness (QED) is 0.858. The number of halogens is 3. The minimum Gasteiger partial charge on any atom is -0.467 e. The second-order valence-corrected chi connectivity index (χ2v) is 3.17. The summed E-state index contributed by atoms with van der Waals surface area (Å²) in [6.07, 6.45) is -4.32. The number of alkyl halides is 3. The topological polar surface area (TPSA) is 63.2 Å². The normalized spacial score (nSPS) is 11.2. The Labute approximate surface area is 95.8 Å². The lowest BCUT2D eigenvalue weighted by atomic mass is 10.5. The Kier molecular flexibility index (Phi) is 3.92. The number of ether oxygens (including phenoxy) is 1. The maximum atomic E-state index is 12.2. The minimum atomic E-state index is -4.32. The van der Waals surface area contributed by atoms with Gasteiger partial charge in [0.05, 0.1) is 7.11 Å². The summed E-state index contributed by atoms with van der Waals surface area (Å²) < 4.78 is 41.4. The molecular formula is C8H12F3N5O. The van der Waals surface area contributed by atoms with Crippen LogP contribution >= 0.6 is 0 Å². The molecule has 17 heavy (non-hydrogen) atoms. The highest BCUT2D eigenvalue weighted by atomic mass is 19.4. The minimum absolute atomic E-state index is 0.0478. The van der Waals surface area contributed by atoms with Gasteiger partial charge in [-0.3, -0.25) is 0 Å². The molecule has 1 aromatic rings. The van der Waals surface area contributed by atoms with E-state index in [1.807, 2.05) is 0 Å². The number of hydrogen-bond acceptors (Lipinski definition) is 6. The van der Waals surface area contributed by atoms with Gasteiger partial charge in [-0.25, -0.2) is 0 Å². The maximum absolute atomic E-state index is 12.2. The molecule has 0 aliphatic heterocycles. The molecule has 1 aromatic heterocycles. The second kappa shape index (κ2) is 5.02. The van der Waals surface area contributed by atoms with Gasteiger partial charge in [0, 0.05) is 14.1 Å². The third-order valence-corrected chi connectivity index (χ3v) is 1.77.